The van der Waals surface area contributed by atoms with Crippen LogP contribution in [0.15, 0.2) is 72.8 Å². The molecular weight excluding hydrogens is 633 g/mol. The van der Waals surface area contributed by atoms with E-state index < -0.39 is 16.1 Å². The summed E-state index contributed by atoms with van der Waals surface area (Å²) in [5.74, 6) is 7.86. The summed E-state index contributed by atoms with van der Waals surface area (Å²) in [6, 6.07) is 27.5. The predicted octanol–water partition coefficient (Wildman–Crippen LogP) is 9.48. The maximum Gasteiger partial charge on any atom is 0.129 e. The molecule has 6 aromatic rings. The first-order chi connectivity index (χ1) is 24.1. The second-order valence-electron chi connectivity index (χ2n) is 17.0. The zero-order valence-electron chi connectivity index (χ0n) is 30.2. The van der Waals surface area contributed by atoms with E-state index in [-0.39, 0.29) is 0 Å². The van der Waals surface area contributed by atoms with Gasteiger partial charge >= 0.3 is 0 Å². The predicted molar refractivity (Wildman–Crippen MR) is 218 cm³/mol. The van der Waals surface area contributed by atoms with Gasteiger partial charge < -0.3 is 0 Å². The lowest BCUT2D eigenvalue weighted by Crippen LogP contribution is -2.18. The normalized spacial score (nSPS) is 15.3. The first-order valence-electron chi connectivity index (χ1n) is 18.6. The molecule has 6 aromatic carbocycles. The van der Waals surface area contributed by atoms with Crippen molar-refractivity contribution in [2.24, 2.45) is 0 Å². The fourth-order valence-corrected chi connectivity index (χ4v) is 10.6. The van der Waals surface area contributed by atoms with Crippen LogP contribution in [0.4, 0.5) is 0 Å². The third kappa shape index (κ3) is 4.25. The molecule has 4 aliphatic carbocycles. The zero-order chi connectivity index (χ0) is 34.1. The number of aryl methyl sites for hydroxylation is 4. The third-order valence-electron chi connectivity index (χ3n) is 11.4. The van der Waals surface area contributed by atoms with Gasteiger partial charge in [0.1, 0.15) is 16.1 Å². The molecule has 0 bridgehead atoms. The second kappa shape index (κ2) is 10.5. The van der Waals surface area contributed by atoms with Gasteiger partial charge in [-0.3, -0.25) is 0 Å². The molecule has 4 aliphatic rings. The Morgan fingerprint density at radius 1 is 0.440 bits per heavy atom. The molecule has 0 unspecified atom stereocenters. The van der Waals surface area contributed by atoms with Crippen LogP contribution in [0.5, 0.6) is 0 Å². The Balaban J connectivity index is 1.48. The number of fused-ring (bicyclic) bond motifs is 12. The summed E-state index contributed by atoms with van der Waals surface area (Å²) in [6.07, 6.45) is 6.82. The van der Waals surface area contributed by atoms with Crippen molar-refractivity contribution < 1.29 is 0 Å². The Kier molecular flexibility index (Phi) is 6.33. The summed E-state index contributed by atoms with van der Waals surface area (Å²) in [4.78, 5) is 0. The Morgan fingerprint density at radius 3 is 1.26 bits per heavy atom. The summed E-state index contributed by atoms with van der Waals surface area (Å²) < 4.78 is 0. The van der Waals surface area contributed by atoms with Gasteiger partial charge in [0.25, 0.3) is 0 Å². The van der Waals surface area contributed by atoms with Crippen molar-refractivity contribution in [3.63, 3.8) is 0 Å². The largest absolute Gasteiger partial charge is 0.129 e. The quantitative estimate of drug-likeness (QED) is 0.111. The molecule has 0 saturated heterocycles. The van der Waals surface area contributed by atoms with Crippen molar-refractivity contribution in [2.45, 2.75) is 77.8 Å². The van der Waals surface area contributed by atoms with Crippen molar-refractivity contribution in [1.29, 1.82) is 0 Å². The van der Waals surface area contributed by atoms with E-state index in [4.69, 9.17) is 0 Å². The van der Waals surface area contributed by atoms with Gasteiger partial charge in [0, 0.05) is 32.7 Å². The fourth-order valence-electron chi connectivity index (χ4n) is 9.60. The van der Waals surface area contributed by atoms with E-state index >= 15 is 0 Å². The molecule has 10 rings (SSSR count). The van der Waals surface area contributed by atoms with Gasteiger partial charge in [0.05, 0.1) is 0 Å². The monoisotopic (exact) mass is 674 g/mol. The summed E-state index contributed by atoms with van der Waals surface area (Å²) in [5, 5.41) is 17.0. The average molecular weight is 675 g/mol. The van der Waals surface area contributed by atoms with E-state index in [1.165, 1.54) is 88.0 Å². The van der Waals surface area contributed by atoms with E-state index in [1.54, 1.807) is 33.0 Å². The Hall–Kier alpha value is -4.61. The lowest BCUT2D eigenvalue weighted by atomic mass is 9.74. The van der Waals surface area contributed by atoms with Crippen molar-refractivity contribution in [3.8, 4) is 22.9 Å². The first kappa shape index (κ1) is 30.2. The molecule has 0 aliphatic heterocycles. The molecule has 0 saturated carbocycles. The van der Waals surface area contributed by atoms with Gasteiger partial charge in [-0.2, -0.15) is 0 Å². The third-order valence-corrected chi connectivity index (χ3v) is 13.1. The number of rotatable bonds is 0. The molecule has 0 fully saturated rings. The van der Waals surface area contributed by atoms with Gasteiger partial charge in [-0.15, -0.1) is 11.1 Å². The molecule has 0 radical (unpaired) electrons. The maximum atomic E-state index is 3.93. The minimum atomic E-state index is -1.63. The van der Waals surface area contributed by atoms with Gasteiger partial charge in [0.2, 0.25) is 0 Å². The number of hydrogen-bond acceptors (Lipinski definition) is 0. The van der Waals surface area contributed by atoms with Crippen LogP contribution in [0.2, 0.25) is 39.3 Å². The van der Waals surface area contributed by atoms with Crippen LogP contribution in [-0.2, 0) is 25.7 Å². The van der Waals surface area contributed by atoms with Crippen LogP contribution in [0, 0.1) is 43.8 Å². The average Bonchev–Trinajstić information content (AvgIpc) is 3.63. The van der Waals surface area contributed by atoms with Crippen LogP contribution < -0.4 is 10.4 Å². The highest BCUT2D eigenvalue weighted by molar-refractivity contribution is 6.84. The minimum absolute atomic E-state index is 1.12. The lowest BCUT2D eigenvalue weighted by molar-refractivity contribution is 0.777. The van der Waals surface area contributed by atoms with Crippen molar-refractivity contribution in [3.05, 3.63) is 137 Å². The SMILES string of the molecule is C[Si](C)(C)C#CC1=c2c(ccc3ccccc23)=c2c1c1c3c(c4c(c5c3c2CCC5)C(C#C[Si](C)(C)C)=c2c=4ccc3ccccc23)CCC1. The first-order valence-corrected chi connectivity index (χ1v) is 25.6. The zero-order valence-corrected chi connectivity index (χ0v) is 32.2. The fraction of sp³-hybridized carbons (Fsp3) is 0.250. The molecule has 242 valence electrons. The molecule has 2 heteroatoms. The van der Waals surface area contributed by atoms with Gasteiger partial charge in [-0.25, -0.2) is 0 Å². The lowest BCUT2D eigenvalue weighted by Gasteiger charge is -2.29. The second-order valence-corrected chi connectivity index (χ2v) is 26.5. The molecular formula is C48H42Si2. The van der Waals surface area contributed by atoms with Crippen LogP contribution >= 0.6 is 0 Å². The Morgan fingerprint density at radius 2 is 0.840 bits per heavy atom. The highest BCUT2D eigenvalue weighted by atomic mass is 28.3. The topological polar surface area (TPSA) is 0 Å². The molecule has 0 amide bonds. The standard InChI is InChI=1S/C48H42Si2/c1-49(2,3)27-25-39-41-31-15-9-7-13-29(31)21-23-37(41)45-33-17-12-20-36-44(33)43-34(18-11-19-35(43)47(39)45)46-38-24-22-30-14-8-10-16-32(30)42(38)40(48(36)46)26-28-50(4,5)6/h7-10,13-16,21-24H,11-12,17-20H2,1-6H3. The van der Waals surface area contributed by atoms with E-state index in [1.807, 2.05) is 0 Å². The summed E-state index contributed by atoms with van der Waals surface area (Å²) in [7, 11) is -3.27. The summed E-state index contributed by atoms with van der Waals surface area (Å²) in [6.45, 7) is 14.3. The van der Waals surface area contributed by atoms with E-state index in [2.05, 4.69) is 135 Å². The number of benzene rings is 6. The van der Waals surface area contributed by atoms with Gasteiger partial charge in [0.15, 0.2) is 0 Å². The molecule has 0 heterocycles. The van der Waals surface area contributed by atoms with E-state index in [0.717, 1.165) is 25.7 Å². The Labute approximate surface area is 296 Å². The van der Waals surface area contributed by atoms with Gasteiger partial charge in [-0.1, -0.05) is 124 Å². The molecule has 0 aromatic heterocycles. The van der Waals surface area contributed by atoms with Crippen molar-refractivity contribution in [1.82, 2.24) is 0 Å². The molecule has 0 N–H and O–H groups in total. The molecule has 0 atom stereocenters. The molecule has 50 heavy (non-hydrogen) atoms. The van der Waals surface area contributed by atoms with Crippen LogP contribution in [0.1, 0.15) is 46.2 Å². The van der Waals surface area contributed by atoms with Crippen LogP contribution in [0.25, 0.3) is 43.5 Å². The highest BCUT2D eigenvalue weighted by Crippen LogP contribution is 2.47. The smallest absolute Gasteiger partial charge is 0.127 e. The van der Waals surface area contributed by atoms with E-state index in [0.29, 0.717) is 0 Å². The van der Waals surface area contributed by atoms with Crippen LogP contribution in [0.3, 0.4) is 0 Å². The highest BCUT2D eigenvalue weighted by Gasteiger charge is 2.33. The molecule has 0 nitrogen and oxygen atoms in total. The van der Waals surface area contributed by atoms with E-state index in [9.17, 15) is 0 Å². The van der Waals surface area contributed by atoms with Gasteiger partial charge in [-0.05, 0) is 114 Å². The Bertz CT molecular complexity index is 2840. The maximum absolute atomic E-state index is 3.93. The van der Waals surface area contributed by atoms with Crippen molar-refractivity contribution in [2.75, 3.05) is 0 Å². The van der Waals surface area contributed by atoms with Crippen molar-refractivity contribution >= 4 is 59.6 Å². The molecule has 0 spiro atoms. The minimum Gasteiger partial charge on any atom is -0.127 e. The summed E-state index contributed by atoms with van der Waals surface area (Å²) in [5.41, 5.74) is 19.5. The van der Waals surface area contributed by atoms with Crippen LogP contribution in [-0.4, -0.2) is 16.1 Å². The summed E-state index contributed by atoms with van der Waals surface area (Å²) >= 11 is 0. The number of hydrogen-bond donors (Lipinski definition) is 0.